The molecule has 0 spiro atoms. The highest BCUT2D eigenvalue weighted by Crippen LogP contribution is 2.16. The molecule has 126 valence electrons. The first-order chi connectivity index (χ1) is 11.2. The van der Waals surface area contributed by atoms with E-state index in [1.807, 2.05) is 13.0 Å². The highest BCUT2D eigenvalue weighted by Gasteiger charge is 2.19. The smallest absolute Gasteiger partial charge is 0.252 e. The summed E-state index contributed by atoms with van der Waals surface area (Å²) in [5, 5.41) is 2.76. The molecule has 0 aliphatic carbocycles. The van der Waals surface area contributed by atoms with Crippen molar-refractivity contribution >= 4 is 5.91 Å². The van der Waals surface area contributed by atoms with Crippen LogP contribution in [0.15, 0.2) is 31.0 Å². The first kappa shape index (κ1) is 17.5. The number of carbonyl (C=O) groups excluding carboxylic acids is 1. The average molecular weight is 317 g/mol. The van der Waals surface area contributed by atoms with E-state index < -0.39 is 0 Å². The Hall–Kier alpha value is -1.88. The third kappa shape index (κ3) is 5.67. The summed E-state index contributed by atoms with van der Waals surface area (Å²) in [5.74, 6) is 0.470. The van der Waals surface area contributed by atoms with Crippen LogP contribution in [0.5, 0.6) is 5.88 Å². The standard InChI is InChI=1S/C18H27N3O2/c1-3-5-8-16(14-21-11-6-7-12-21)23-17-10-9-15(13-20-17)18(22)19-4-2/h3,9-10,13,16H,1,4-8,11-12,14H2,2H3,(H,19,22)/t16-/m0/s1. The highest BCUT2D eigenvalue weighted by molar-refractivity contribution is 5.93. The maximum Gasteiger partial charge on any atom is 0.252 e. The van der Waals surface area contributed by atoms with Gasteiger partial charge in [0.2, 0.25) is 5.88 Å². The molecule has 1 aliphatic heterocycles. The van der Waals surface area contributed by atoms with Gasteiger partial charge in [0.1, 0.15) is 6.10 Å². The fraction of sp³-hybridized carbons (Fsp3) is 0.556. The van der Waals surface area contributed by atoms with Crippen molar-refractivity contribution in [2.75, 3.05) is 26.2 Å². The molecule has 1 saturated heterocycles. The average Bonchev–Trinajstić information content (AvgIpc) is 3.06. The zero-order valence-electron chi connectivity index (χ0n) is 14.0. The van der Waals surface area contributed by atoms with Gasteiger partial charge in [0.05, 0.1) is 5.56 Å². The highest BCUT2D eigenvalue weighted by atomic mass is 16.5. The van der Waals surface area contributed by atoms with Crippen LogP contribution in [0.25, 0.3) is 0 Å². The molecule has 23 heavy (non-hydrogen) atoms. The minimum Gasteiger partial charge on any atom is -0.473 e. The van der Waals surface area contributed by atoms with Crippen molar-refractivity contribution in [2.45, 2.75) is 38.7 Å². The van der Waals surface area contributed by atoms with Crippen LogP contribution in [0.4, 0.5) is 0 Å². The molecule has 2 heterocycles. The lowest BCUT2D eigenvalue weighted by Crippen LogP contribution is -2.34. The summed E-state index contributed by atoms with van der Waals surface area (Å²) in [6, 6.07) is 3.53. The number of amides is 1. The Labute approximate surface area is 138 Å². The molecule has 1 amide bonds. The lowest BCUT2D eigenvalue weighted by Gasteiger charge is -2.23. The number of hydrogen-bond donors (Lipinski definition) is 1. The number of pyridine rings is 1. The van der Waals surface area contributed by atoms with Gasteiger partial charge in [-0.05, 0) is 51.8 Å². The SMILES string of the molecule is C=CCC[C@@H](CN1CCCC1)Oc1ccc(C(=O)NCC)cn1. The van der Waals surface area contributed by atoms with Crippen molar-refractivity contribution < 1.29 is 9.53 Å². The molecule has 1 N–H and O–H groups in total. The van der Waals surface area contributed by atoms with Crippen LogP contribution in [-0.2, 0) is 0 Å². The first-order valence-electron chi connectivity index (χ1n) is 8.47. The minimum absolute atomic E-state index is 0.105. The number of hydrogen-bond acceptors (Lipinski definition) is 4. The van der Waals surface area contributed by atoms with Crippen LogP contribution in [-0.4, -0.2) is 48.1 Å². The van der Waals surface area contributed by atoms with E-state index in [0.717, 1.165) is 32.5 Å². The van der Waals surface area contributed by atoms with Crippen molar-refractivity contribution in [3.05, 3.63) is 36.5 Å². The van der Waals surface area contributed by atoms with E-state index in [0.29, 0.717) is 18.0 Å². The lowest BCUT2D eigenvalue weighted by atomic mass is 10.2. The largest absolute Gasteiger partial charge is 0.473 e. The van der Waals surface area contributed by atoms with Gasteiger partial charge < -0.3 is 10.1 Å². The molecule has 0 saturated carbocycles. The molecule has 0 bridgehead atoms. The number of ether oxygens (including phenoxy) is 1. The molecule has 1 aromatic rings. The summed E-state index contributed by atoms with van der Waals surface area (Å²) in [5.41, 5.74) is 0.557. The minimum atomic E-state index is -0.105. The van der Waals surface area contributed by atoms with E-state index >= 15 is 0 Å². The van der Waals surface area contributed by atoms with Crippen molar-refractivity contribution in [3.63, 3.8) is 0 Å². The third-order valence-corrected chi connectivity index (χ3v) is 3.98. The second-order valence-electron chi connectivity index (χ2n) is 5.86. The Kier molecular flexibility index (Phi) is 7.07. The number of carbonyl (C=O) groups is 1. The monoisotopic (exact) mass is 317 g/mol. The quantitative estimate of drug-likeness (QED) is 0.711. The molecule has 5 heteroatoms. The van der Waals surface area contributed by atoms with Gasteiger partial charge >= 0.3 is 0 Å². The van der Waals surface area contributed by atoms with Crippen LogP contribution < -0.4 is 10.1 Å². The van der Waals surface area contributed by atoms with Gasteiger partial charge in [-0.1, -0.05) is 6.08 Å². The number of nitrogens with zero attached hydrogens (tertiary/aromatic N) is 2. The van der Waals surface area contributed by atoms with Gasteiger partial charge in [0.15, 0.2) is 0 Å². The van der Waals surface area contributed by atoms with Gasteiger partial charge in [0, 0.05) is 25.4 Å². The maximum absolute atomic E-state index is 11.7. The summed E-state index contributed by atoms with van der Waals surface area (Å²) in [4.78, 5) is 18.5. The Morgan fingerprint density at radius 2 is 2.26 bits per heavy atom. The van der Waals surface area contributed by atoms with Gasteiger partial charge in [0.25, 0.3) is 5.91 Å². The molecule has 1 aromatic heterocycles. The van der Waals surface area contributed by atoms with E-state index in [9.17, 15) is 4.79 Å². The molecule has 1 fully saturated rings. The molecule has 1 aliphatic rings. The lowest BCUT2D eigenvalue weighted by molar-refractivity contribution is 0.0955. The number of allylic oxidation sites excluding steroid dienone is 1. The Morgan fingerprint density at radius 3 is 2.87 bits per heavy atom. The van der Waals surface area contributed by atoms with Gasteiger partial charge in [-0.2, -0.15) is 0 Å². The van der Waals surface area contributed by atoms with E-state index in [-0.39, 0.29) is 12.0 Å². The Morgan fingerprint density at radius 1 is 1.48 bits per heavy atom. The number of aromatic nitrogens is 1. The van der Waals surface area contributed by atoms with Gasteiger partial charge in [-0.3, -0.25) is 9.69 Å². The molecule has 1 atom stereocenters. The third-order valence-electron chi connectivity index (χ3n) is 3.98. The molecular weight excluding hydrogens is 290 g/mol. The zero-order valence-corrected chi connectivity index (χ0v) is 14.0. The maximum atomic E-state index is 11.7. The van der Waals surface area contributed by atoms with Crippen LogP contribution in [0, 0.1) is 0 Å². The van der Waals surface area contributed by atoms with E-state index in [2.05, 4.69) is 21.8 Å². The molecular formula is C18H27N3O2. The van der Waals surface area contributed by atoms with Gasteiger partial charge in [-0.25, -0.2) is 4.98 Å². The molecule has 2 rings (SSSR count). The molecule has 0 radical (unpaired) electrons. The molecule has 0 aromatic carbocycles. The van der Waals surface area contributed by atoms with E-state index in [1.165, 1.54) is 12.8 Å². The Bertz CT molecular complexity index is 495. The van der Waals surface area contributed by atoms with Crippen LogP contribution in [0.2, 0.25) is 0 Å². The van der Waals surface area contributed by atoms with Crippen LogP contribution in [0.1, 0.15) is 43.0 Å². The summed E-state index contributed by atoms with van der Waals surface area (Å²) in [6.45, 7) is 9.52. The molecule has 0 unspecified atom stereocenters. The predicted octanol–water partition coefficient (Wildman–Crippen LogP) is 2.64. The first-order valence-corrected chi connectivity index (χ1v) is 8.47. The second-order valence-corrected chi connectivity index (χ2v) is 5.86. The fourth-order valence-corrected chi connectivity index (χ4v) is 2.76. The molecule has 5 nitrogen and oxygen atoms in total. The van der Waals surface area contributed by atoms with Crippen molar-refractivity contribution in [2.24, 2.45) is 0 Å². The normalized spacial score (nSPS) is 16.0. The van der Waals surface area contributed by atoms with E-state index in [4.69, 9.17) is 4.74 Å². The fourth-order valence-electron chi connectivity index (χ4n) is 2.76. The number of nitrogens with one attached hydrogen (secondary N) is 1. The topological polar surface area (TPSA) is 54.5 Å². The van der Waals surface area contributed by atoms with Crippen molar-refractivity contribution in [3.8, 4) is 5.88 Å². The van der Waals surface area contributed by atoms with E-state index in [1.54, 1.807) is 18.3 Å². The summed E-state index contributed by atoms with van der Waals surface area (Å²) in [7, 11) is 0. The van der Waals surface area contributed by atoms with Crippen molar-refractivity contribution in [1.29, 1.82) is 0 Å². The number of rotatable bonds is 9. The summed E-state index contributed by atoms with van der Waals surface area (Å²) < 4.78 is 6.04. The number of likely N-dealkylation sites (tertiary alicyclic amines) is 1. The van der Waals surface area contributed by atoms with Crippen molar-refractivity contribution in [1.82, 2.24) is 15.2 Å². The second kappa shape index (κ2) is 9.30. The predicted molar refractivity (Wildman–Crippen MR) is 91.8 cm³/mol. The summed E-state index contributed by atoms with van der Waals surface area (Å²) in [6.07, 6.45) is 8.00. The Balaban J connectivity index is 1.94. The van der Waals surface area contributed by atoms with Crippen LogP contribution >= 0.6 is 0 Å². The van der Waals surface area contributed by atoms with Gasteiger partial charge in [-0.15, -0.1) is 6.58 Å². The van der Waals surface area contributed by atoms with Crippen LogP contribution in [0.3, 0.4) is 0 Å². The zero-order chi connectivity index (χ0) is 16.5. The summed E-state index contributed by atoms with van der Waals surface area (Å²) >= 11 is 0.